The molecule has 2 N–H and O–H groups in total. The summed E-state index contributed by atoms with van der Waals surface area (Å²) in [5.41, 5.74) is 7.74. The van der Waals surface area contributed by atoms with Crippen LogP contribution in [0.25, 0.3) is 0 Å². The van der Waals surface area contributed by atoms with E-state index < -0.39 is 0 Å². The van der Waals surface area contributed by atoms with Crippen LogP contribution >= 0.6 is 0 Å². The van der Waals surface area contributed by atoms with Crippen molar-refractivity contribution in [2.75, 3.05) is 37.8 Å². The van der Waals surface area contributed by atoms with Crippen LogP contribution in [0.1, 0.15) is 26.2 Å². The van der Waals surface area contributed by atoms with Crippen LogP contribution in [0.4, 0.5) is 11.4 Å². The maximum absolute atomic E-state index is 11.6. The van der Waals surface area contributed by atoms with Gasteiger partial charge in [0, 0.05) is 45.0 Å². The topological polar surface area (TPSA) is 49.6 Å². The zero-order chi connectivity index (χ0) is 14.3. The largest absolute Gasteiger partial charge is 0.399 e. The van der Waals surface area contributed by atoms with Gasteiger partial charge in [0.25, 0.3) is 0 Å². The van der Waals surface area contributed by atoms with Crippen LogP contribution in [0.5, 0.6) is 0 Å². The quantitative estimate of drug-likeness (QED) is 0.768. The summed E-state index contributed by atoms with van der Waals surface area (Å²) in [5, 5.41) is 0. The van der Waals surface area contributed by atoms with Crippen molar-refractivity contribution in [2.24, 2.45) is 0 Å². The molecule has 0 atom stereocenters. The average Bonchev–Trinajstić information content (AvgIpc) is 2.37. The number of rotatable bonds is 7. The standard InChI is InChI=1S/C15H25N3O/c1-4-10-18(11-6-9-15(19)17(2)3)14-8-5-7-13(16)12-14/h5,7-8,12H,4,6,9-11,16H2,1-3H3. The highest BCUT2D eigenvalue weighted by molar-refractivity contribution is 5.75. The molecule has 0 aromatic heterocycles. The molecule has 4 nitrogen and oxygen atoms in total. The second-order valence-electron chi connectivity index (χ2n) is 4.97. The van der Waals surface area contributed by atoms with E-state index in [9.17, 15) is 4.79 Å². The van der Waals surface area contributed by atoms with Crippen molar-refractivity contribution in [3.8, 4) is 0 Å². The molecule has 0 saturated heterocycles. The molecular weight excluding hydrogens is 238 g/mol. The molecular formula is C15H25N3O. The lowest BCUT2D eigenvalue weighted by Crippen LogP contribution is -2.27. The third kappa shape index (κ3) is 5.20. The fraction of sp³-hybridized carbons (Fsp3) is 0.533. The van der Waals surface area contributed by atoms with E-state index in [2.05, 4.69) is 17.9 Å². The molecule has 1 rings (SSSR count). The number of nitrogens with two attached hydrogens (primary N) is 1. The molecule has 106 valence electrons. The van der Waals surface area contributed by atoms with E-state index >= 15 is 0 Å². The van der Waals surface area contributed by atoms with E-state index in [1.54, 1.807) is 19.0 Å². The van der Waals surface area contributed by atoms with Crippen LogP contribution in [0.3, 0.4) is 0 Å². The van der Waals surface area contributed by atoms with Crippen LogP contribution < -0.4 is 10.6 Å². The van der Waals surface area contributed by atoms with Crippen molar-refractivity contribution in [1.82, 2.24) is 4.90 Å². The van der Waals surface area contributed by atoms with Gasteiger partial charge in [-0.1, -0.05) is 13.0 Å². The first-order valence-electron chi connectivity index (χ1n) is 6.85. The summed E-state index contributed by atoms with van der Waals surface area (Å²) in [5.74, 6) is 0.184. The number of benzene rings is 1. The van der Waals surface area contributed by atoms with E-state index in [0.717, 1.165) is 37.3 Å². The average molecular weight is 263 g/mol. The second kappa shape index (κ2) is 7.67. The monoisotopic (exact) mass is 263 g/mol. The highest BCUT2D eigenvalue weighted by Crippen LogP contribution is 2.18. The number of carbonyl (C=O) groups is 1. The predicted molar refractivity (Wildman–Crippen MR) is 81.3 cm³/mol. The Hall–Kier alpha value is -1.71. The van der Waals surface area contributed by atoms with Gasteiger partial charge >= 0.3 is 0 Å². The number of hydrogen-bond donors (Lipinski definition) is 1. The Labute approximate surface area is 116 Å². The van der Waals surface area contributed by atoms with Gasteiger partial charge in [0.1, 0.15) is 0 Å². The maximum atomic E-state index is 11.6. The van der Waals surface area contributed by atoms with Crippen molar-refractivity contribution in [2.45, 2.75) is 26.2 Å². The lowest BCUT2D eigenvalue weighted by Gasteiger charge is -2.24. The molecule has 0 aliphatic rings. The molecule has 1 aromatic rings. The van der Waals surface area contributed by atoms with E-state index in [0.29, 0.717) is 6.42 Å². The lowest BCUT2D eigenvalue weighted by atomic mass is 10.2. The summed E-state index contributed by atoms with van der Waals surface area (Å²) in [6.07, 6.45) is 2.54. The molecule has 0 bridgehead atoms. The first-order chi connectivity index (χ1) is 9.04. The molecule has 1 amide bonds. The molecule has 0 aliphatic heterocycles. The smallest absolute Gasteiger partial charge is 0.222 e. The number of amides is 1. The van der Waals surface area contributed by atoms with Crippen LogP contribution in [0, 0.1) is 0 Å². The first kappa shape index (κ1) is 15.3. The van der Waals surface area contributed by atoms with Gasteiger partial charge in [0.15, 0.2) is 0 Å². The Morgan fingerprint density at radius 2 is 2.00 bits per heavy atom. The van der Waals surface area contributed by atoms with E-state index in [1.165, 1.54) is 0 Å². The molecule has 0 fully saturated rings. The number of hydrogen-bond acceptors (Lipinski definition) is 3. The predicted octanol–water partition coefficient (Wildman–Crippen LogP) is 2.35. The van der Waals surface area contributed by atoms with Gasteiger partial charge in [0.05, 0.1) is 0 Å². The molecule has 0 heterocycles. The molecule has 0 saturated carbocycles. The minimum Gasteiger partial charge on any atom is -0.399 e. The summed E-state index contributed by atoms with van der Waals surface area (Å²) in [7, 11) is 3.59. The second-order valence-corrected chi connectivity index (χ2v) is 4.97. The van der Waals surface area contributed by atoms with Crippen molar-refractivity contribution in [3.63, 3.8) is 0 Å². The van der Waals surface area contributed by atoms with Crippen LogP contribution in [0.2, 0.25) is 0 Å². The van der Waals surface area contributed by atoms with E-state index in [-0.39, 0.29) is 5.91 Å². The summed E-state index contributed by atoms with van der Waals surface area (Å²) in [4.78, 5) is 15.5. The van der Waals surface area contributed by atoms with Crippen LogP contribution in [-0.2, 0) is 4.79 Å². The number of anilines is 2. The highest BCUT2D eigenvalue weighted by atomic mass is 16.2. The van der Waals surface area contributed by atoms with Gasteiger partial charge in [-0.05, 0) is 31.0 Å². The minimum absolute atomic E-state index is 0.184. The van der Waals surface area contributed by atoms with Gasteiger partial charge in [0.2, 0.25) is 5.91 Å². The fourth-order valence-corrected chi connectivity index (χ4v) is 2.01. The fourth-order valence-electron chi connectivity index (χ4n) is 2.01. The minimum atomic E-state index is 0.184. The molecule has 0 radical (unpaired) electrons. The van der Waals surface area contributed by atoms with E-state index in [4.69, 9.17) is 5.73 Å². The summed E-state index contributed by atoms with van der Waals surface area (Å²) in [6, 6.07) is 7.92. The Morgan fingerprint density at radius 3 is 2.58 bits per heavy atom. The van der Waals surface area contributed by atoms with Gasteiger partial charge in [-0.15, -0.1) is 0 Å². The van der Waals surface area contributed by atoms with Crippen LogP contribution in [0.15, 0.2) is 24.3 Å². The molecule has 4 heteroatoms. The Balaban J connectivity index is 2.56. The Kier molecular flexibility index (Phi) is 6.19. The number of nitrogen functional groups attached to an aromatic ring is 1. The van der Waals surface area contributed by atoms with Gasteiger partial charge in [-0.25, -0.2) is 0 Å². The third-order valence-corrected chi connectivity index (χ3v) is 3.05. The molecule has 1 aromatic carbocycles. The van der Waals surface area contributed by atoms with E-state index in [1.807, 2.05) is 18.2 Å². The van der Waals surface area contributed by atoms with Crippen molar-refractivity contribution >= 4 is 17.3 Å². The summed E-state index contributed by atoms with van der Waals surface area (Å²) < 4.78 is 0. The van der Waals surface area contributed by atoms with Gasteiger partial charge < -0.3 is 15.5 Å². The summed E-state index contributed by atoms with van der Waals surface area (Å²) >= 11 is 0. The first-order valence-corrected chi connectivity index (χ1v) is 6.85. The molecule has 19 heavy (non-hydrogen) atoms. The third-order valence-electron chi connectivity index (χ3n) is 3.05. The Bertz CT molecular complexity index is 404. The zero-order valence-electron chi connectivity index (χ0n) is 12.2. The van der Waals surface area contributed by atoms with Crippen molar-refractivity contribution < 1.29 is 4.79 Å². The zero-order valence-corrected chi connectivity index (χ0v) is 12.2. The van der Waals surface area contributed by atoms with Gasteiger partial charge in [-0.2, -0.15) is 0 Å². The molecule has 0 aliphatic carbocycles. The maximum Gasteiger partial charge on any atom is 0.222 e. The lowest BCUT2D eigenvalue weighted by molar-refractivity contribution is -0.128. The summed E-state index contributed by atoms with van der Waals surface area (Å²) in [6.45, 7) is 4.03. The highest BCUT2D eigenvalue weighted by Gasteiger charge is 2.08. The number of carbonyl (C=O) groups excluding carboxylic acids is 1. The molecule has 0 spiro atoms. The SMILES string of the molecule is CCCN(CCCC(=O)N(C)C)c1cccc(N)c1. The van der Waals surface area contributed by atoms with Crippen molar-refractivity contribution in [3.05, 3.63) is 24.3 Å². The van der Waals surface area contributed by atoms with Crippen LogP contribution in [-0.4, -0.2) is 38.0 Å². The number of nitrogens with zero attached hydrogens (tertiary/aromatic N) is 2. The van der Waals surface area contributed by atoms with Gasteiger partial charge in [-0.3, -0.25) is 4.79 Å². The normalized spacial score (nSPS) is 10.3. The Morgan fingerprint density at radius 1 is 1.26 bits per heavy atom. The van der Waals surface area contributed by atoms with Crippen molar-refractivity contribution in [1.29, 1.82) is 0 Å². The molecule has 0 unspecified atom stereocenters.